The lowest BCUT2D eigenvalue weighted by atomic mass is 10.2. The van der Waals surface area contributed by atoms with Gasteiger partial charge in [0, 0.05) is 19.7 Å². The van der Waals surface area contributed by atoms with Crippen LogP contribution in [0.1, 0.15) is 11.3 Å². The summed E-state index contributed by atoms with van der Waals surface area (Å²) in [6, 6.07) is 4.47. The molecule has 10 heteroatoms. The highest BCUT2D eigenvalue weighted by Crippen LogP contribution is 2.34. The van der Waals surface area contributed by atoms with Crippen molar-refractivity contribution in [2.24, 2.45) is 0 Å². The molecule has 26 heavy (non-hydrogen) atoms. The number of carbonyl (C=O) groups is 1. The molecule has 0 spiro atoms. The number of nitrogens with one attached hydrogen (secondary N) is 2. The van der Waals surface area contributed by atoms with Gasteiger partial charge in [-0.05, 0) is 25.1 Å². The Morgan fingerprint density at radius 1 is 1.35 bits per heavy atom. The summed E-state index contributed by atoms with van der Waals surface area (Å²) >= 11 is 6.05. The Kier molecular flexibility index (Phi) is 6.63. The number of hydrogen-bond donors (Lipinski definition) is 2. The van der Waals surface area contributed by atoms with Crippen molar-refractivity contribution >= 4 is 23.3 Å². The van der Waals surface area contributed by atoms with Gasteiger partial charge in [0.2, 0.25) is 5.91 Å². The lowest BCUT2D eigenvalue weighted by molar-refractivity contribution is -0.137. The molecule has 0 bridgehead atoms. The van der Waals surface area contributed by atoms with E-state index in [1.165, 1.54) is 4.68 Å². The molecule has 0 atom stereocenters. The zero-order chi connectivity index (χ0) is 19.3. The molecule has 142 valence electrons. The number of methoxy groups -OCH3 is 1. The predicted molar refractivity (Wildman–Crippen MR) is 91.7 cm³/mol. The van der Waals surface area contributed by atoms with Crippen LogP contribution >= 0.6 is 11.6 Å². The molecule has 6 nitrogen and oxygen atoms in total. The molecular formula is C16H18ClF3N4O2. The number of hydrogen-bond acceptors (Lipinski definition) is 4. The van der Waals surface area contributed by atoms with Gasteiger partial charge in [0.1, 0.15) is 5.82 Å². The molecule has 0 aliphatic rings. The van der Waals surface area contributed by atoms with Crippen LogP contribution in [0.5, 0.6) is 0 Å². The van der Waals surface area contributed by atoms with E-state index in [0.29, 0.717) is 18.8 Å². The Bertz CT molecular complexity index is 777. The SMILES string of the molecule is COCCNCC(=O)Nc1cc(C)nn1-c1cc(C(F)(F)F)ccc1Cl. The predicted octanol–water partition coefficient (Wildman–Crippen LogP) is 3.03. The summed E-state index contributed by atoms with van der Waals surface area (Å²) in [7, 11) is 1.54. The van der Waals surface area contributed by atoms with Gasteiger partial charge in [-0.25, -0.2) is 4.68 Å². The van der Waals surface area contributed by atoms with Crippen molar-refractivity contribution in [2.45, 2.75) is 13.1 Å². The second-order valence-electron chi connectivity index (χ2n) is 5.46. The van der Waals surface area contributed by atoms with Gasteiger partial charge >= 0.3 is 6.18 Å². The van der Waals surface area contributed by atoms with Crippen molar-refractivity contribution in [2.75, 3.05) is 32.1 Å². The van der Waals surface area contributed by atoms with Crippen LogP contribution < -0.4 is 10.6 Å². The summed E-state index contributed by atoms with van der Waals surface area (Å²) in [6.45, 7) is 2.61. The first kappa shape index (κ1) is 20.2. The Balaban J connectivity index is 2.25. The van der Waals surface area contributed by atoms with E-state index < -0.39 is 11.7 Å². The van der Waals surface area contributed by atoms with Gasteiger partial charge in [0.25, 0.3) is 0 Å². The Labute approximate surface area is 153 Å². The molecule has 0 unspecified atom stereocenters. The van der Waals surface area contributed by atoms with Gasteiger partial charge in [0.15, 0.2) is 0 Å². The number of carbonyl (C=O) groups excluding carboxylic acids is 1. The normalized spacial score (nSPS) is 11.6. The number of alkyl halides is 3. The number of aryl methyl sites for hydroxylation is 1. The molecule has 0 fully saturated rings. The van der Waals surface area contributed by atoms with E-state index in [9.17, 15) is 18.0 Å². The molecule has 1 heterocycles. The molecule has 2 rings (SSSR count). The summed E-state index contributed by atoms with van der Waals surface area (Å²) in [4.78, 5) is 12.0. The lowest BCUT2D eigenvalue weighted by Gasteiger charge is -2.13. The molecule has 0 aliphatic carbocycles. The monoisotopic (exact) mass is 390 g/mol. The van der Waals surface area contributed by atoms with Gasteiger partial charge in [-0.1, -0.05) is 11.6 Å². The van der Waals surface area contributed by atoms with E-state index >= 15 is 0 Å². The van der Waals surface area contributed by atoms with Crippen molar-refractivity contribution in [1.29, 1.82) is 0 Å². The number of anilines is 1. The highest BCUT2D eigenvalue weighted by Gasteiger charge is 2.31. The summed E-state index contributed by atoms with van der Waals surface area (Å²) in [6.07, 6.45) is -4.52. The topological polar surface area (TPSA) is 68.2 Å². The zero-order valence-corrected chi connectivity index (χ0v) is 14.9. The van der Waals surface area contributed by atoms with Crippen LogP contribution in [-0.4, -0.2) is 42.5 Å². The van der Waals surface area contributed by atoms with Crippen LogP contribution in [0.4, 0.5) is 19.0 Å². The molecule has 2 N–H and O–H groups in total. The van der Waals surface area contributed by atoms with Gasteiger partial charge in [-0.3, -0.25) is 4.79 Å². The molecule has 0 saturated carbocycles. The van der Waals surface area contributed by atoms with Crippen LogP contribution in [0.3, 0.4) is 0 Å². The minimum absolute atomic E-state index is 0.0178. The number of halogens is 4. The van der Waals surface area contributed by atoms with E-state index in [1.54, 1.807) is 20.1 Å². The molecular weight excluding hydrogens is 373 g/mol. The first-order valence-corrected chi connectivity index (χ1v) is 8.03. The van der Waals surface area contributed by atoms with Crippen LogP contribution in [0.15, 0.2) is 24.3 Å². The third-order valence-corrected chi connectivity index (χ3v) is 3.69. The molecule has 1 aromatic heterocycles. The number of ether oxygens (including phenoxy) is 1. The summed E-state index contributed by atoms with van der Waals surface area (Å²) in [5, 5.41) is 9.70. The highest BCUT2D eigenvalue weighted by molar-refractivity contribution is 6.32. The Hall–Kier alpha value is -2.10. The van der Waals surface area contributed by atoms with Gasteiger partial charge in [0.05, 0.1) is 35.1 Å². The standard InChI is InChI=1S/C16H18ClF3N4O2/c1-10-7-14(22-15(25)9-21-5-6-26-2)24(23-10)13-8-11(16(18,19)20)3-4-12(13)17/h3-4,7-8,21H,5-6,9H2,1-2H3,(H,22,25). The van der Waals surface area contributed by atoms with Crippen molar-refractivity contribution in [3.8, 4) is 5.69 Å². The average molecular weight is 391 g/mol. The quantitative estimate of drug-likeness (QED) is 0.713. The van der Waals surface area contributed by atoms with Crippen LogP contribution in [0.2, 0.25) is 5.02 Å². The highest BCUT2D eigenvalue weighted by atomic mass is 35.5. The third kappa shape index (κ3) is 5.20. The second-order valence-corrected chi connectivity index (χ2v) is 5.87. The van der Waals surface area contributed by atoms with Gasteiger partial charge in [-0.2, -0.15) is 18.3 Å². The Morgan fingerprint density at radius 2 is 2.08 bits per heavy atom. The second kappa shape index (κ2) is 8.52. The first-order valence-electron chi connectivity index (χ1n) is 7.65. The fourth-order valence-corrected chi connectivity index (χ4v) is 2.38. The molecule has 2 aromatic rings. The Morgan fingerprint density at radius 3 is 2.73 bits per heavy atom. The van der Waals surface area contributed by atoms with Gasteiger partial charge < -0.3 is 15.4 Å². The minimum Gasteiger partial charge on any atom is -0.383 e. The molecule has 0 saturated heterocycles. The van der Waals surface area contributed by atoms with E-state index in [0.717, 1.165) is 18.2 Å². The van der Waals surface area contributed by atoms with Crippen molar-refractivity contribution in [3.05, 3.63) is 40.5 Å². The first-order chi connectivity index (χ1) is 12.2. The van der Waals surface area contributed by atoms with E-state index in [1.807, 2.05) is 0 Å². The minimum atomic E-state index is -4.52. The fraction of sp³-hybridized carbons (Fsp3) is 0.375. The van der Waals surface area contributed by atoms with Crippen molar-refractivity contribution in [1.82, 2.24) is 15.1 Å². The number of aromatic nitrogens is 2. The molecule has 1 aromatic carbocycles. The average Bonchev–Trinajstić information content (AvgIpc) is 2.91. The smallest absolute Gasteiger partial charge is 0.383 e. The van der Waals surface area contributed by atoms with Crippen LogP contribution in [-0.2, 0) is 15.7 Å². The zero-order valence-electron chi connectivity index (χ0n) is 14.2. The third-order valence-electron chi connectivity index (χ3n) is 3.37. The summed E-state index contributed by atoms with van der Waals surface area (Å²) in [5.74, 6) is -0.146. The van der Waals surface area contributed by atoms with Crippen molar-refractivity contribution < 1.29 is 22.7 Å². The maximum absolute atomic E-state index is 13.0. The van der Waals surface area contributed by atoms with E-state index in [-0.39, 0.29) is 29.0 Å². The van der Waals surface area contributed by atoms with E-state index in [4.69, 9.17) is 16.3 Å². The number of amides is 1. The molecule has 0 radical (unpaired) electrons. The largest absolute Gasteiger partial charge is 0.416 e. The number of nitrogens with zero attached hydrogens (tertiary/aromatic N) is 2. The molecule has 1 amide bonds. The maximum atomic E-state index is 13.0. The van der Waals surface area contributed by atoms with E-state index in [2.05, 4.69) is 15.7 Å². The number of rotatable bonds is 7. The van der Waals surface area contributed by atoms with Crippen LogP contribution in [0, 0.1) is 6.92 Å². The summed E-state index contributed by atoms with van der Waals surface area (Å²) in [5.41, 5.74) is -0.318. The van der Waals surface area contributed by atoms with Crippen molar-refractivity contribution in [3.63, 3.8) is 0 Å². The van der Waals surface area contributed by atoms with Crippen LogP contribution in [0.25, 0.3) is 5.69 Å². The summed E-state index contributed by atoms with van der Waals surface area (Å²) < 4.78 is 45.0. The lowest BCUT2D eigenvalue weighted by Crippen LogP contribution is -2.30. The van der Waals surface area contributed by atoms with Gasteiger partial charge in [-0.15, -0.1) is 0 Å². The maximum Gasteiger partial charge on any atom is 0.416 e. The number of benzene rings is 1. The fourth-order valence-electron chi connectivity index (χ4n) is 2.19. The molecule has 0 aliphatic heterocycles.